The molecule has 9 heteroatoms. The van der Waals surface area contributed by atoms with E-state index in [9.17, 15) is 22.8 Å². The van der Waals surface area contributed by atoms with Crippen molar-refractivity contribution in [2.24, 2.45) is 5.92 Å². The number of nitrogens with zero attached hydrogens (tertiary/aromatic N) is 1. The highest BCUT2D eigenvalue weighted by Crippen LogP contribution is 2.35. The van der Waals surface area contributed by atoms with Crippen molar-refractivity contribution in [1.82, 2.24) is 10.3 Å². The number of aromatic nitrogens is 1. The van der Waals surface area contributed by atoms with Gasteiger partial charge in [0.05, 0.1) is 5.52 Å². The predicted molar refractivity (Wildman–Crippen MR) is 117 cm³/mol. The van der Waals surface area contributed by atoms with Gasteiger partial charge in [-0.25, -0.2) is 4.98 Å². The molecule has 0 atom stereocenters. The molecule has 2 aliphatic rings. The van der Waals surface area contributed by atoms with Gasteiger partial charge in [0, 0.05) is 46.9 Å². The van der Waals surface area contributed by atoms with E-state index in [0.29, 0.717) is 41.8 Å². The number of nitrogens with one attached hydrogen (secondary N) is 2. The van der Waals surface area contributed by atoms with E-state index in [4.69, 9.17) is 11.6 Å². The monoisotopic (exact) mass is 467 g/mol. The van der Waals surface area contributed by atoms with E-state index in [1.165, 1.54) is 12.1 Å². The van der Waals surface area contributed by atoms with Crippen molar-refractivity contribution in [3.63, 3.8) is 0 Å². The first kappa shape index (κ1) is 22.8. The van der Waals surface area contributed by atoms with Gasteiger partial charge in [-0.15, -0.1) is 0 Å². The number of fused-ring (bicyclic) bond motifs is 1. The minimum atomic E-state index is -4.55. The van der Waals surface area contributed by atoms with Gasteiger partial charge in [-0.1, -0.05) is 11.6 Å². The van der Waals surface area contributed by atoms with Crippen LogP contribution in [0.15, 0.2) is 24.3 Å². The van der Waals surface area contributed by atoms with Crippen molar-refractivity contribution in [2.75, 3.05) is 5.32 Å². The fourth-order valence-electron chi connectivity index (χ4n) is 4.59. The molecule has 2 saturated carbocycles. The molecule has 1 aromatic carbocycles. The molecule has 0 unspecified atom stereocenters. The maximum atomic E-state index is 13.3. The van der Waals surface area contributed by atoms with Gasteiger partial charge >= 0.3 is 6.18 Å². The summed E-state index contributed by atoms with van der Waals surface area (Å²) in [4.78, 5) is 27.6. The predicted octanol–water partition coefficient (Wildman–Crippen LogP) is 5.51. The number of benzene rings is 1. The third-order valence-corrected chi connectivity index (χ3v) is 6.64. The number of amides is 1. The minimum Gasteiger partial charge on any atom is -0.382 e. The Hall–Kier alpha value is -2.35. The molecule has 2 aliphatic carbocycles. The number of carbonyl (C=O) groups is 2. The Labute approximate surface area is 189 Å². The lowest BCUT2D eigenvalue weighted by molar-refractivity contribution is -0.141. The smallest absolute Gasteiger partial charge is 0.382 e. The lowest BCUT2D eigenvalue weighted by Gasteiger charge is -2.32. The molecule has 2 aromatic rings. The molecule has 4 rings (SSSR count). The van der Waals surface area contributed by atoms with Crippen molar-refractivity contribution in [2.45, 2.75) is 69.6 Å². The largest absolute Gasteiger partial charge is 0.433 e. The van der Waals surface area contributed by atoms with Gasteiger partial charge in [0.2, 0.25) is 5.91 Å². The van der Waals surface area contributed by atoms with Gasteiger partial charge in [0.25, 0.3) is 0 Å². The number of rotatable bonds is 4. The second-order valence-corrected chi connectivity index (χ2v) is 9.17. The van der Waals surface area contributed by atoms with Gasteiger partial charge in [0.15, 0.2) is 0 Å². The van der Waals surface area contributed by atoms with E-state index < -0.39 is 11.9 Å². The van der Waals surface area contributed by atoms with E-state index in [0.717, 1.165) is 31.7 Å². The Bertz CT molecular complexity index is 1010. The summed E-state index contributed by atoms with van der Waals surface area (Å²) in [6.07, 6.45) is 0.546. The van der Waals surface area contributed by atoms with Crippen LogP contribution in [0.25, 0.3) is 10.9 Å². The maximum absolute atomic E-state index is 13.3. The highest BCUT2D eigenvalue weighted by molar-refractivity contribution is 6.31. The van der Waals surface area contributed by atoms with Crippen LogP contribution in [0.2, 0.25) is 5.02 Å². The van der Waals surface area contributed by atoms with E-state index in [2.05, 4.69) is 15.6 Å². The number of Topliss-reactive ketones (excluding diaryl/α,β-unsaturated/α-hetero) is 1. The molecule has 1 heterocycles. The van der Waals surface area contributed by atoms with Crippen LogP contribution in [-0.4, -0.2) is 28.8 Å². The number of halogens is 4. The summed E-state index contributed by atoms with van der Waals surface area (Å²) in [5, 5.41) is 7.33. The number of hydrogen-bond donors (Lipinski definition) is 2. The Kier molecular flexibility index (Phi) is 6.60. The van der Waals surface area contributed by atoms with Crippen LogP contribution >= 0.6 is 11.6 Å². The van der Waals surface area contributed by atoms with Crippen LogP contribution in [0.3, 0.4) is 0 Å². The average molecular weight is 468 g/mol. The standard InChI is InChI=1S/C23H25ClF3N3O2/c24-14-3-10-19-18(11-14)20(12-21(30-19)23(25,26)27)28-15-4-6-16(7-5-15)29-22(32)13-1-8-17(31)9-2-13/h3,10-13,15-16H,1-2,4-9H2,(H,28,30)(H,29,32)/t15-,16+. The lowest BCUT2D eigenvalue weighted by atomic mass is 9.86. The van der Waals surface area contributed by atoms with Crippen LogP contribution in [0.1, 0.15) is 57.1 Å². The summed E-state index contributed by atoms with van der Waals surface area (Å²) in [5.41, 5.74) is -0.343. The van der Waals surface area contributed by atoms with Crippen molar-refractivity contribution >= 4 is 39.9 Å². The number of ketones is 1. The fourth-order valence-corrected chi connectivity index (χ4v) is 4.76. The zero-order chi connectivity index (χ0) is 22.9. The highest BCUT2D eigenvalue weighted by atomic mass is 35.5. The Balaban J connectivity index is 1.40. The van der Waals surface area contributed by atoms with E-state index in [1.54, 1.807) is 6.07 Å². The van der Waals surface area contributed by atoms with E-state index in [1.807, 2.05) is 0 Å². The van der Waals surface area contributed by atoms with Gasteiger partial charge in [0.1, 0.15) is 11.5 Å². The molecule has 5 nitrogen and oxygen atoms in total. The number of anilines is 1. The zero-order valence-electron chi connectivity index (χ0n) is 17.5. The second kappa shape index (κ2) is 9.25. The first-order valence-corrected chi connectivity index (χ1v) is 11.3. The van der Waals surface area contributed by atoms with Crippen LogP contribution in [0, 0.1) is 5.92 Å². The first-order valence-electron chi connectivity index (χ1n) is 10.9. The van der Waals surface area contributed by atoms with E-state index in [-0.39, 0.29) is 35.2 Å². The van der Waals surface area contributed by atoms with Gasteiger partial charge in [-0.05, 0) is 62.8 Å². The molecule has 32 heavy (non-hydrogen) atoms. The molecule has 2 fully saturated rings. The van der Waals surface area contributed by atoms with Crippen LogP contribution in [0.5, 0.6) is 0 Å². The molecule has 0 radical (unpaired) electrons. The number of carbonyl (C=O) groups excluding carboxylic acids is 2. The van der Waals surface area contributed by atoms with Crippen LogP contribution < -0.4 is 10.6 Å². The minimum absolute atomic E-state index is 0.0125. The summed E-state index contributed by atoms with van der Waals surface area (Å²) in [6.45, 7) is 0. The molecular formula is C23H25ClF3N3O2. The van der Waals surface area contributed by atoms with Gasteiger partial charge in [-0.2, -0.15) is 13.2 Å². The Morgan fingerprint density at radius 1 is 1.00 bits per heavy atom. The third kappa shape index (κ3) is 5.34. The summed E-state index contributed by atoms with van der Waals surface area (Å²) in [6, 6.07) is 5.71. The van der Waals surface area contributed by atoms with Gasteiger partial charge < -0.3 is 10.6 Å². The fraction of sp³-hybridized carbons (Fsp3) is 0.522. The number of alkyl halides is 3. The van der Waals surface area contributed by atoms with E-state index >= 15 is 0 Å². The molecular weight excluding hydrogens is 443 g/mol. The first-order chi connectivity index (χ1) is 15.2. The number of pyridine rings is 1. The highest BCUT2D eigenvalue weighted by Gasteiger charge is 2.34. The SMILES string of the molecule is O=C1CCC(C(=O)N[C@H]2CC[C@@H](Nc3cc(C(F)(F)F)nc4ccc(Cl)cc34)CC2)CC1. The summed E-state index contributed by atoms with van der Waals surface area (Å²) in [5.74, 6) is 0.134. The summed E-state index contributed by atoms with van der Waals surface area (Å²) < 4.78 is 40.0. The summed E-state index contributed by atoms with van der Waals surface area (Å²) in [7, 11) is 0. The molecule has 1 aromatic heterocycles. The quantitative estimate of drug-likeness (QED) is 0.622. The van der Waals surface area contributed by atoms with Crippen molar-refractivity contribution in [3.8, 4) is 0 Å². The molecule has 0 aliphatic heterocycles. The van der Waals surface area contributed by atoms with Gasteiger partial charge in [-0.3, -0.25) is 9.59 Å². The Morgan fingerprint density at radius 2 is 1.66 bits per heavy atom. The Morgan fingerprint density at radius 3 is 2.31 bits per heavy atom. The van der Waals surface area contributed by atoms with Crippen molar-refractivity contribution in [1.29, 1.82) is 0 Å². The maximum Gasteiger partial charge on any atom is 0.433 e. The number of hydrogen-bond acceptors (Lipinski definition) is 4. The second-order valence-electron chi connectivity index (χ2n) is 8.73. The zero-order valence-corrected chi connectivity index (χ0v) is 18.2. The lowest BCUT2D eigenvalue weighted by Crippen LogP contribution is -2.43. The molecule has 0 spiro atoms. The topological polar surface area (TPSA) is 71.1 Å². The molecule has 2 N–H and O–H groups in total. The van der Waals surface area contributed by atoms with Crippen molar-refractivity contribution < 1.29 is 22.8 Å². The summed E-state index contributed by atoms with van der Waals surface area (Å²) >= 11 is 6.07. The van der Waals surface area contributed by atoms with Crippen LogP contribution in [-0.2, 0) is 15.8 Å². The molecule has 1 amide bonds. The third-order valence-electron chi connectivity index (χ3n) is 6.41. The molecule has 0 bridgehead atoms. The van der Waals surface area contributed by atoms with Crippen molar-refractivity contribution in [3.05, 3.63) is 35.0 Å². The van der Waals surface area contributed by atoms with Crippen LogP contribution in [0.4, 0.5) is 18.9 Å². The molecule has 172 valence electrons. The average Bonchev–Trinajstić information content (AvgIpc) is 2.75. The molecule has 0 saturated heterocycles. The normalized spacial score (nSPS) is 22.7.